The summed E-state index contributed by atoms with van der Waals surface area (Å²) >= 11 is 7.64. The van der Waals surface area contributed by atoms with Crippen molar-refractivity contribution in [3.63, 3.8) is 0 Å². The van der Waals surface area contributed by atoms with Gasteiger partial charge in [-0.15, -0.1) is 11.3 Å². The first-order valence-corrected chi connectivity index (χ1v) is 7.90. The van der Waals surface area contributed by atoms with Gasteiger partial charge in [-0.1, -0.05) is 0 Å². The van der Waals surface area contributed by atoms with Gasteiger partial charge < -0.3 is 9.73 Å². The first-order chi connectivity index (χ1) is 9.94. The molecule has 0 radical (unpaired) electrons. The minimum atomic E-state index is 0.0804. The number of hydrogen-bond donors (Lipinski definition) is 1. The summed E-state index contributed by atoms with van der Waals surface area (Å²) in [4.78, 5) is 10.7. The third-order valence-electron chi connectivity index (χ3n) is 3.39. The Morgan fingerprint density at radius 3 is 2.67 bits per heavy atom. The maximum Gasteiger partial charge on any atom is 0.225 e. The average Bonchev–Trinajstić information content (AvgIpc) is 2.91. The van der Waals surface area contributed by atoms with Gasteiger partial charge in [0, 0.05) is 10.4 Å². The first-order valence-electron chi connectivity index (χ1n) is 6.71. The molecular formula is C15H16ClN3OS. The number of anilines is 1. The van der Waals surface area contributed by atoms with Crippen molar-refractivity contribution in [2.75, 3.05) is 5.32 Å². The lowest BCUT2D eigenvalue weighted by atomic mass is 10.1. The fraction of sp³-hybridized carbons (Fsp3) is 0.333. The van der Waals surface area contributed by atoms with Crippen molar-refractivity contribution in [1.29, 1.82) is 0 Å². The molecule has 0 spiro atoms. The predicted molar refractivity (Wildman–Crippen MR) is 87.4 cm³/mol. The fourth-order valence-corrected chi connectivity index (χ4v) is 3.59. The second-order valence-electron chi connectivity index (χ2n) is 5.15. The third kappa shape index (κ3) is 2.76. The maximum absolute atomic E-state index is 6.02. The van der Waals surface area contributed by atoms with Gasteiger partial charge in [-0.2, -0.15) is 0 Å². The number of halogens is 1. The molecule has 3 aromatic heterocycles. The molecule has 1 unspecified atom stereocenters. The molecule has 0 amide bonds. The van der Waals surface area contributed by atoms with Crippen LogP contribution in [0.4, 0.5) is 5.82 Å². The van der Waals surface area contributed by atoms with Crippen molar-refractivity contribution in [2.45, 2.75) is 33.7 Å². The molecule has 6 heteroatoms. The van der Waals surface area contributed by atoms with Crippen LogP contribution in [0, 0.1) is 20.8 Å². The van der Waals surface area contributed by atoms with Crippen LogP contribution in [0.2, 0.25) is 5.28 Å². The predicted octanol–water partition coefficient (Wildman–Crippen LogP) is 5.04. The van der Waals surface area contributed by atoms with Gasteiger partial charge in [0.25, 0.3) is 0 Å². The molecule has 0 aliphatic heterocycles. The smallest absolute Gasteiger partial charge is 0.225 e. The van der Waals surface area contributed by atoms with Crippen LogP contribution in [0.15, 0.2) is 16.5 Å². The molecule has 4 nitrogen and oxygen atoms in total. The van der Waals surface area contributed by atoms with E-state index in [1.54, 1.807) is 11.3 Å². The Hall–Kier alpha value is -1.59. The molecule has 0 saturated carbocycles. The van der Waals surface area contributed by atoms with Gasteiger partial charge >= 0.3 is 0 Å². The number of rotatable bonds is 3. The molecular weight excluding hydrogens is 306 g/mol. The van der Waals surface area contributed by atoms with Crippen molar-refractivity contribution in [1.82, 2.24) is 9.97 Å². The van der Waals surface area contributed by atoms with Crippen LogP contribution >= 0.6 is 22.9 Å². The third-order valence-corrected chi connectivity index (χ3v) is 4.50. The Balaban J connectivity index is 1.99. The minimum Gasteiger partial charge on any atom is -0.466 e. The highest BCUT2D eigenvalue weighted by Crippen LogP contribution is 2.32. The lowest BCUT2D eigenvalue weighted by molar-refractivity contribution is 0.500. The lowest BCUT2D eigenvalue weighted by Gasteiger charge is -2.14. The Labute approximate surface area is 132 Å². The second-order valence-corrected chi connectivity index (χ2v) is 6.72. The first kappa shape index (κ1) is 14.4. The molecule has 1 N–H and O–H groups in total. The minimum absolute atomic E-state index is 0.0804. The van der Waals surface area contributed by atoms with Gasteiger partial charge in [0.1, 0.15) is 22.2 Å². The van der Waals surface area contributed by atoms with Crippen LogP contribution in [-0.2, 0) is 0 Å². The number of thiophene rings is 1. The summed E-state index contributed by atoms with van der Waals surface area (Å²) in [5, 5.41) is 4.69. The van der Waals surface area contributed by atoms with E-state index >= 15 is 0 Å². The van der Waals surface area contributed by atoms with Gasteiger partial charge in [-0.05, 0) is 51.4 Å². The fourth-order valence-electron chi connectivity index (χ4n) is 2.49. The molecule has 0 fully saturated rings. The summed E-state index contributed by atoms with van der Waals surface area (Å²) in [5.41, 5.74) is 1.13. The largest absolute Gasteiger partial charge is 0.466 e. The van der Waals surface area contributed by atoms with Crippen molar-refractivity contribution >= 4 is 39.0 Å². The van der Waals surface area contributed by atoms with E-state index in [1.165, 1.54) is 4.88 Å². The number of fused-ring (bicyclic) bond motifs is 1. The zero-order chi connectivity index (χ0) is 15.1. The van der Waals surface area contributed by atoms with E-state index in [9.17, 15) is 0 Å². The number of nitrogens with zero attached hydrogens (tertiary/aromatic N) is 2. The van der Waals surface area contributed by atoms with Gasteiger partial charge in [0.2, 0.25) is 5.28 Å². The Bertz CT molecular complexity index is 809. The molecule has 0 aromatic carbocycles. The Morgan fingerprint density at radius 2 is 2.00 bits per heavy atom. The molecule has 0 bridgehead atoms. The van der Waals surface area contributed by atoms with Crippen LogP contribution < -0.4 is 5.32 Å². The number of furan rings is 1. The number of nitrogens with one attached hydrogen (secondary N) is 1. The molecule has 1 atom stereocenters. The van der Waals surface area contributed by atoms with Gasteiger partial charge in [-0.3, -0.25) is 0 Å². The van der Waals surface area contributed by atoms with E-state index in [0.29, 0.717) is 0 Å². The molecule has 110 valence electrons. The van der Waals surface area contributed by atoms with Crippen molar-refractivity contribution in [3.8, 4) is 0 Å². The zero-order valence-corrected chi connectivity index (χ0v) is 13.9. The van der Waals surface area contributed by atoms with Crippen LogP contribution in [-0.4, -0.2) is 9.97 Å². The van der Waals surface area contributed by atoms with Crippen LogP contribution in [0.5, 0.6) is 0 Å². The van der Waals surface area contributed by atoms with Crippen LogP contribution in [0.3, 0.4) is 0 Å². The van der Waals surface area contributed by atoms with E-state index < -0.39 is 0 Å². The van der Waals surface area contributed by atoms with Crippen molar-refractivity contribution in [3.05, 3.63) is 39.4 Å². The quantitative estimate of drug-likeness (QED) is 0.687. The summed E-state index contributed by atoms with van der Waals surface area (Å²) in [5.74, 6) is 2.60. The molecule has 0 aliphatic rings. The number of aryl methyl sites for hydroxylation is 3. The normalized spacial score (nSPS) is 12.8. The highest BCUT2D eigenvalue weighted by molar-refractivity contribution is 7.18. The maximum atomic E-state index is 6.02. The Morgan fingerprint density at radius 1 is 1.24 bits per heavy atom. The zero-order valence-electron chi connectivity index (χ0n) is 12.3. The van der Waals surface area contributed by atoms with E-state index in [1.807, 2.05) is 19.9 Å². The van der Waals surface area contributed by atoms with Crippen LogP contribution in [0.25, 0.3) is 10.2 Å². The van der Waals surface area contributed by atoms with Gasteiger partial charge in [0.15, 0.2) is 0 Å². The monoisotopic (exact) mass is 321 g/mol. The summed E-state index contributed by atoms with van der Waals surface area (Å²) in [7, 11) is 0. The van der Waals surface area contributed by atoms with Gasteiger partial charge in [0.05, 0.1) is 11.4 Å². The standard InChI is InChI=1S/C15H16ClN3OS/c1-7-5-11(10(4)20-7)9(3)17-13-12-6-8(2)21-14(12)19-15(16)18-13/h5-6,9H,1-4H3,(H,17,18,19). The van der Waals surface area contributed by atoms with E-state index in [2.05, 4.69) is 35.2 Å². The number of aromatic nitrogens is 2. The molecule has 21 heavy (non-hydrogen) atoms. The summed E-state index contributed by atoms with van der Waals surface area (Å²) in [6.45, 7) is 8.05. The van der Waals surface area contributed by atoms with E-state index in [4.69, 9.17) is 16.0 Å². The molecule has 0 aliphatic carbocycles. The molecule has 0 saturated heterocycles. The van der Waals surface area contributed by atoms with Crippen LogP contribution in [0.1, 0.15) is 34.9 Å². The molecule has 3 aromatic rings. The summed E-state index contributed by atoms with van der Waals surface area (Å²) in [6.07, 6.45) is 0. The van der Waals surface area contributed by atoms with E-state index in [-0.39, 0.29) is 11.3 Å². The summed E-state index contributed by atoms with van der Waals surface area (Å²) < 4.78 is 5.59. The van der Waals surface area contributed by atoms with Gasteiger partial charge in [-0.25, -0.2) is 9.97 Å². The highest BCUT2D eigenvalue weighted by Gasteiger charge is 2.16. The average molecular weight is 322 g/mol. The molecule has 3 heterocycles. The Kier molecular flexibility index (Phi) is 3.63. The van der Waals surface area contributed by atoms with Crippen molar-refractivity contribution in [2.24, 2.45) is 0 Å². The second kappa shape index (κ2) is 5.31. The van der Waals surface area contributed by atoms with E-state index in [0.717, 1.165) is 33.1 Å². The highest BCUT2D eigenvalue weighted by atomic mass is 35.5. The lowest BCUT2D eigenvalue weighted by Crippen LogP contribution is -2.08. The molecule has 3 rings (SSSR count). The number of hydrogen-bond acceptors (Lipinski definition) is 5. The topological polar surface area (TPSA) is 51.0 Å². The SMILES string of the molecule is Cc1cc(C(C)Nc2nc(Cl)nc3sc(C)cc23)c(C)o1. The van der Waals surface area contributed by atoms with Crippen molar-refractivity contribution < 1.29 is 4.42 Å². The summed E-state index contributed by atoms with van der Waals surface area (Å²) in [6, 6.07) is 4.21.